The Morgan fingerprint density at radius 3 is 2.40 bits per heavy atom. The molecule has 2 rings (SSSR count). The van der Waals surface area contributed by atoms with Gasteiger partial charge in [-0.05, 0) is 31.1 Å². The Labute approximate surface area is 94.4 Å². The predicted octanol–water partition coefficient (Wildman–Crippen LogP) is 2.80. The van der Waals surface area contributed by atoms with Crippen molar-refractivity contribution in [2.75, 3.05) is 13.1 Å². The molecule has 2 heteroatoms. The van der Waals surface area contributed by atoms with E-state index in [0.717, 1.165) is 17.9 Å². The average molecular weight is 210 g/mol. The van der Waals surface area contributed by atoms with Gasteiger partial charge in [0.1, 0.15) is 0 Å². The Hall–Kier alpha value is -0.0800. The highest BCUT2D eigenvalue weighted by Gasteiger charge is 2.28. The SMILES string of the molecule is CC1CCCC(NN2CCCCC2)C1C. The summed E-state index contributed by atoms with van der Waals surface area (Å²) in [6, 6.07) is 0.742. The predicted molar refractivity (Wildman–Crippen MR) is 64.5 cm³/mol. The van der Waals surface area contributed by atoms with Crippen LogP contribution in [0.2, 0.25) is 0 Å². The standard InChI is InChI=1S/C13H26N2/c1-11-7-6-8-13(12(11)2)14-15-9-4-3-5-10-15/h11-14H,3-10H2,1-2H3. The Morgan fingerprint density at radius 1 is 0.933 bits per heavy atom. The summed E-state index contributed by atoms with van der Waals surface area (Å²) in [7, 11) is 0. The molecule has 0 spiro atoms. The van der Waals surface area contributed by atoms with E-state index in [4.69, 9.17) is 0 Å². The molecule has 2 nitrogen and oxygen atoms in total. The van der Waals surface area contributed by atoms with Crippen LogP contribution in [0.25, 0.3) is 0 Å². The fourth-order valence-electron chi connectivity index (χ4n) is 3.02. The van der Waals surface area contributed by atoms with Crippen LogP contribution in [0.3, 0.4) is 0 Å². The summed E-state index contributed by atoms with van der Waals surface area (Å²) in [5.74, 6) is 1.75. The zero-order valence-corrected chi connectivity index (χ0v) is 10.3. The third-order valence-electron chi connectivity index (χ3n) is 4.41. The van der Waals surface area contributed by atoms with Gasteiger partial charge in [-0.3, -0.25) is 5.43 Å². The lowest BCUT2D eigenvalue weighted by Crippen LogP contribution is -2.51. The molecule has 1 aliphatic heterocycles. The van der Waals surface area contributed by atoms with E-state index in [9.17, 15) is 0 Å². The molecular formula is C13H26N2. The zero-order chi connectivity index (χ0) is 10.7. The van der Waals surface area contributed by atoms with Crippen LogP contribution >= 0.6 is 0 Å². The van der Waals surface area contributed by atoms with E-state index in [1.54, 1.807) is 0 Å². The number of nitrogens with zero attached hydrogens (tertiary/aromatic N) is 1. The van der Waals surface area contributed by atoms with Gasteiger partial charge in [-0.2, -0.15) is 0 Å². The van der Waals surface area contributed by atoms with Crippen molar-refractivity contribution in [3.8, 4) is 0 Å². The molecule has 3 atom stereocenters. The molecule has 1 saturated carbocycles. The van der Waals surface area contributed by atoms with Gasteiger partial charge in [0.15, 0.2) is 0 Å². The number of hydrogen-bond donors (Lipinski definition) is 1. The largest absolute Gasteiger partial charge is 0.252 e. The van der Waals surface area contributed by atoms with Gasteiger partial charge in [0.25, 0.3) is 0 Å². The second-order valence-electron chi connectivity index (χ2n) is 5.55. The maximum Gasteiger partial charge on any atom is 0.0243 e. The van der Waals surface area contributed by atoms with Crippen LogP contribution < -0.4 is 5.43 Å². The Morgan fingerprint density at radius 2 is 1.67 bits per heavy atom. The second kappa shape index (κ2) is 5.31. The summed E-state index contributed by atoms with van der Waals surface area (Å²) < 4.78 is 0. The minimum Gasteiger partial charge on any atom is -0.252 e. The van der Waals surface area contributed by atoms with E-state index < -0.39 is 0 Å². The van der Waals surface area contributed by atoms with E-state index in [1.165, 1.54) is 51.6 Å². The molecule has 1 aliphatic carbocycles. The molecule has 0 aromatic carbocycles. The monoisotopic (exact) mass is 210 g/mol. The molecule has 2 aliphatic rings. The molecule has 88 valence electrons. The molecule has 0 bridgehead atoms. The van der Waals surface area contributed by atoms with Gasteiger partial charge in [-0.1, -0.05) is 33.1 Å². The number of piperidine rings is 1. The molecule has 0 aromatic rings. The summed E-state index contributed by atoms with van der Waals surface area (Å²) in [6.45, 7) is 7.36. The van der Waals surface area contributed by atoms with Crippen molar-refractivity contribution in [3.63, 3.8) is 0 Å². The van der Waals surface area contributed by atoms with Crippen LogP contribution in [0, 0.1) is 11.8 Å². The topological polar surface area (TPSA) is 15.3 Å². The van der Waals surface area contributed by atoms with Crippen molar-refractivity contribution in [3.05, 3.63) is 0 Å². The lowest BCUT2D eigenvalue weighted by Gasteiger charge is -2.39. The van der Waals surface area contributed by atoms with Crippen LogP contribution in [-0.2, 0) is 0 Å². The van der Waals surface area contributed by atoms with Gasteiger partial charge < -0.3 is 0 Å². The number of rotatable bonds is 2. The first-order valence-corrected chi connectivity index (χ1v) is 6.78. The maximum absolute atomic E-state index is 3.77. The number of hydrazine groups is 1. The fraction of sp³-hybridized carbons (Fsp3) is 1.00. The fourth-order valence-corrected chi connectivity index (χ4v) is 3.02. The molecule has 3 unspecified atom stereocenters. The highest BCUT2D eigenvalue weighted by Crippen LogP contribution is 2.29. The molecule has 1 N–H and O–H groups in total. The molecule has 15 heavy (non-hydrogen) atoms. The van der Waals surface area contributed by atoms with Crippen LogP contribution in [-0.4, -0.2) is 24.1 Å². The molecular weight excluding hydrogens is 184 g/mol. The van der Waals surface area contributed by atoms with Gasteiger partial charge in [-0.25, -0.2) is 5.01 Å². The van der Waals surface area contributed by atoms with E-state index in [2.05, 4.69) is 24.3 Å². The smallest absolute Gasteiger partial charge is 0.0243 e. The summed E-state index contributed by atoms with van der Waals surface area (Å²) in [5.41, 5.74) is 3.77. The Bertz CT molecular complexity index is 187. The van der Waals surface area contributed by atoms with Crippen molar-refractivity contribution >= 4 is 0 Å². The van der Waals surface area contributed by atoms with Gasteiger partial charge in [0.05, 0.1) is 0 Å². The number of nitrogens with one attached hydrogen (secondary N) is 1. The first-order valence-electron chi connectivity index (χ1n) is 6.78. The van der Waals surface area contributed by atoms with E-state index in [1.807, 2.05) is 0 Å². The first kappa shape index (κ1) is 11.4. The first-order chi connectivity index (χ1) is 7.27. The molecule has 2 fully saturated rings. The lowest BCUT2D eigenvalue weighted by atomic mass is 9.78. The lowest BCUT2D eigenvalue weighted by molar-refractivity contribution is 0.0768. The van der Waals surface area contributed by atoms with Crippen molar-refractivity contribution < 1.29 is 0 Å². The molecule has 1 heterocycles. The highest BCUT2D eigenvalue weighted by molar-refractivity contribution is 4.82. The molecule has 0 amide bonds. The van der Waals surface area contributed by atoms with Crippen molar-refractivity contribution in [1.29, 1.82) is 0 Å². The van der Waals surface area contributed by atoms with Crippen molar-refractivity contribution in [2.45, 2.75) is 58.4 Å². The van der Waals surface area contributed by atoms with Crippen LogP contribution in [0.1, 0.15) is 52.4 Å². The van der Waals surface area contributed by atoms with Gasteiger partial charge in [0.2, 0.25) is 0 Å². The normalized spacial score (nSPS) is 39.2. The Kier molecular flexibility index (Phi) is 4.04. The third kappa shape index (κ3) is 2.94. The van der Waals surface area contributed by atoms with Crippen LogP contribution in [0.15, 0.2) is 0 Å². The average Bonchev–Trinajstić information content (AvgIpc) is 2.26. The van der Waals surface area contributed by atoms with Crippen LogP contribution in [0.5, 0.6) is 0 Å². The molecule has 0 aromatic heterocycles. The van der Waals surface area contributed by atoms with Crippen LogP contribution in [0.4, 0.5) is 0 Å². The van der Waals surface area contributed by atoms with E-state index in [0.29, 0.717) is 0 Å². The quantitative estimate of drug-likeness (QED) is 0.754. The second-order valence-corrected chi connectivity index (χ2v) is 5.55. The molecule has 1 saturated heterocycles. The minimum absolute atomic E-state index is 0.742. The zero-order valence-electron chi connectivity index (χ0n) is 10.3. The van der Waals surface area contributed by atoms with Gasteiger partial charge in [-0.15, -0.1) is 0 Å². The maximum atomic E-state index is 3.77. The summed E-state index contributed by atoms with van der Waals surface area (Å²) in [4.78, 5) is 0. The number of hydrogen-bond acceptors (Lipinski definition) is 2. The highest BCUT2D eigenvalue weighted by atomic mass is 15.5. The molecule has 0 radical (unpaired) electrons. The minimum atomic E-state index is 0.742. The van der Waals surface area contributed by atoms with Crippen molar-refractivity contribution in [1.82, 2.24) is 10.4 Å². The summed E-state index contributed by atoms with van der Waals surface area (Å²) >= 11 is 0. The Balaban J connectivity index is 1.81. The van der Waals surface area contributed by atoms with E-state index >= 15 is 0 Å². The van der Waals surface area contributed by atoms with E-state index in [-0.39, 0.29) is 0 Å². The summed E-state index contributed by atoms with van der Waals surface area (Å²) in [6.07, 6.45) is 8.40. The third-order valence-corrected chi connectivity index (χ3v) is 4.41. The summed E-state index contributed by atoms with van der Waals surface area (Å²) in [5, 5.41) is 2.47. The van der Waals surface area contributed by atoms with Gasteiger partial charge >= 0.3 is 0 Å². The van der Waals surface area contributed by atoms with Crippen molar-refractivity contribution in [2.24, 2.45) is 11.8 Å². The van der Waals surface area contributed by atoms with Gasteiger partial charge in [0, 0.05) is 19.1 Å².